The van der Waals surface area contributed by atoms with Crippen LogP contribution >= 0.6 is 0 Å². The summed E-state index contributed by atoms with van der Waals surface area (Å²) in [6.45, 7) is 3.91. The molecular weight excluding hydrogens is 142 g/mol. The first kappa shape index (κ1) is 8.94. The second-order valence-corrected chi connectivity index (χ2v) is 1.70. The quantitative estimate of drug-likeness (QED) is 0.339. The molecule has 10 heavy (non-hydrogen) atoms. The van der Waals surface area contributed by atoms with Crippen molar-refractivity contribution in [1.29, 1.82) is 0 Å². The van der Waals surface area contributed by atoms with Crippen LogP contribution in [0.5, 0.6) is 0 Å². The van der Waals surface area contributed by atoms with Crippen LogP contribution in [0, 0.1) is 0 Å². The molecule has 0 aromatic carbocycles. The average Bonchev–Trinajstić information content (AvgIpc) is 1.84. The lowest BCUT2D eigenvalue weighted by molar-refractivity contribution is -0.128. The van der Waals surface area contributed by atoms with E-state index in [9.17, 15) is 18.4 Å². The molecule has 4 heteroatoms. The van der Waals surface area contributed by atoms with Crippen LogP contribution in [-0.4, -0.2) is 18.0 Å². The Hall–Kier alpha value is -1.06. The normalized spacial score (nSPS) is 9.60. The van der Waals surface area contributed by atoms with Crippen molar-refractivity contribution in [2.45, 2.75) is 13.3 Å². The molecule has 0 aromatic heterocycles. The molecule has 0 aromatic rings. The fourth-order valence-electron chi connectivity index (χ4n) is 0.305. The van der Waals surface area contributed by atoms with E-state index in [1.165, 1.54) is 0 Å². The zero-order valence-corrected chi connectivity index (χ0v) is 5.36. The first-order chi connectivity index (χ1) is 4.46. The Bertz CT molecular complexity index is 184. The first-order valence-electron chi connectivity index (χ1n) is 2.49. The number of hydrogen-bond acceptors (Lipinski definition) is 2. The summed E-state index contributed by atoms with van der Waals surface area (Å²) in [6.07, 6.45) is -3.13. The second-order valence-electron chi connectivity index (χ2n) is 1.70. The summed E-state index contributed by atoms with van der Waals surface area (Å²) in [6, 6.07) is 0. The minimum absolute atomic E-state index is 0.644. The minimum Gasteiger partial charge on any atom is -0.294 e. The smallest absolute Gasteiger partial charge is 0.294 e. The number of allylic oxidation sites excluding steroid dienone is 1. The molecule has 0 amide bonds. The van der Waals surface area contributed by atoms with Crippen molar-refractivity contribution in [2.24, 2.45) is 0 Å². The van der Waals surface area contributed by atoms with Gasteiger partial charge in [-0.3, -0.25) is 9.59 Å². The second kappa shape index (κ2) is 3.20. The van der Waals surface area contributed by atoms with Crippen LogP contribution in [0.3, 0.4) is 0 Å². The van der Waals surface area contributed by atoms with E-state index in [-0.39, 0.29) is 0 Å². The molecule has 0 rings (SSSR count). The fourth-order valence-corrected chi connectivity index (χ4v) is 0.305. The van der Waals surface area contributed by atoms with Gasteiger partial charge in [0.1, 0.15) is 0 Å². The van der Waals surface area contributed by atoms with E-state index in [1.807, 2.05) is 0 Å². The van der Waals surface area contributed by atoms with Crippen LogP contribution < -0.4 is 0 Å². The summed E-state index contributed by atoms with van der Waals surface area (Å²) in [7, 11) is 0. The first-order valence-corrected chi connectivity index (χ1v) is 2.49. The van der Waals surface area contributed by atoms with Gasteiger partial charge in [-0.2, -0.15) is 0 Å². The van der Waals surface area contributed by atoms with Crippen molar-refractivity contribution in [3.8, 4) is 0 Å². The van der Waals surface area contributed by atoms with E-state index in [1.54, 1.807) is 0 Å². The van der Waals surface area contributed by atoms with Crippen LogP contribution in [0.25, 0.3) is 0 Å². The third-order valence-corrected chi connectivity index (χ3v) is 0.921. The maximum absolute atomic E-state index is 11.5. The lowest BCUT2D eigenvalue weighted by Crippen LogP contribution is -2.16. The molecular formula is C6H6F2O2. The van der Waals surface area contributed by atoms with Crippen LogP contribution in [0.2, 0.25) is 0 Å². The Morgan fingerprint density at radius 2 is 1.80 bits per heavy atom. The highest BCUT2D eigenvalue weighted by atomic mass is 19.3. The van der Waals surface area contributed by atoms with Crippen LogP contribution in [0.15, 0.2) is 12.2 Å². The number of hydrogen-bond donors (Lipinski definition) is 0. The number of carbonyl (C=O) groups is 2. The van der Waals surface area contributed by atoms with Gasteiger partial charge in [0.15, 0.2) is 5.78 Å². The van der Waals surface area contributed by atoms with Crippen LogP contribution in [0.4, 0.5) is 8.78 Å². The Morgan fingerprint density at radius 3 is 1.90 bits per heavy atom. The topological polar surface area (TPSA) is 34.1 Å². The Morgan fingerprint density at radius 1 is 1.40 bits per heavy atom. The SMILES string of the molecule is C=C(C(C)=O)C(=O)C(F)F. The molecule has 56 valence electrons. The van der Waals surface area contributed by atoms with Gasteiger partial charge in [0.25, 0.3) is 0 Å². The van der Waals surface area contributed by atoms with E-state index in [0.29, 0.717) is 0 Å². The molecule has 2 nitrogen and oxygen atoms in total. The van der Waals surface area contributed by atoms with Gasteiger partial charge in [-0.25, -0.2) is 8.78 Å². The third kappa shape index (κ3) is 2.05. The van der Waals surface area contributed by atoms with Gasteiger partial charge in [-0.15, -0.1) is 0 Å². The molecule has 0 aliphatic heterocycles. The van der Waals surface area contributed by atoms with Crippen molar-refractivity contribution in [1.82, 2.24) is 0 Å². The molecule has 0 heterocycles. The molecule has 0 atom stereocenters. The zero-order valence-electron chi connectivity index (χ0n) is 5.36. The molecule has 0 aliphatic rings. The predicted octanol–water partition coefficient (Wildman–Crippen LogP) is 0.966. The van der Waals surface area contributed by atoms with Gasteiger partial charge in [0.2, 0.25) is 5.78 Å². The molecule has 0 saturated heterocycles. The average molecular weight is 148 g/mol. The van der Waals surface area contributed by atoms with E-state index >= 15 is 0 Å². The molecule has 0 aliphatic carbocycles. The highest BCUT2D eigenvalue weighted by Crippen LogP contribution is 2.03. The van der Waals surface area contributed by atoms with E-state index < -0.39 is 23.6 Å². The maximum atomic E-state index is 11.5. The number of halogens is 2. The summed E-state index contributed by atoms with van der Waals surface area (Å²) in [5, 5.41) is 0. The molecule has 0 radical (unpaired) electrons. The van der Waals surface area contributed by atoms with Gasteiger partial charge in [0, 0.05) is 0 Å². The summed E-state index contributed by atoms with van der Waals surface area (Å²) in [5.41, 5.74) is -0.644. The summed E-state index contributed by atoms with van der Waals surface area (Å²) in [5.74, 6) is -2.21. The highest BCUT2D eigenvalue weighted by Gasteiger charge is 2.21. The Balaban J connectivity index is 4.24. The monoisotopic (exact) mass is 148 g/mol. The number of rotatable bonds is 3. The number of alkyl halides is 2. The molecule has 0 bridgehead atoms. The Labute approximate surface area is 56.5 Å². The van der Waals surface area contributed by atoms with E-state index in [4.69, 9.17) is 0 Å². The Kier molecular flexibility index (Phi) is 2.86. The van der Waals surface area contributed by atoms with Crippen molar-refractivity contribution in [3.63, 3.8) is 0 Å². The third-order valence-electron chi connectivity index (χ3n) is 0.921. The summed E-state index contributed by atoms with van der Waals surface area (Å²) in [4.78, 5) is 20.4. The standard InChI is InChI=1S/C6H6F2O2/c1-3(4(2)9)5(10)6(7)8/h6H,1H2,2H3. The highest BCUT2D eigenvalue weighted by molar-refractivity contribution is 6.19. The number of carbonyl (C=O) groups excluding carboxylic acids is 2. The maximum Gasteiger partial charge on any atom is 0.300 e. The van der Waals surface area contributed by atoms with Gasteiger partial charge < -0.3 is 0 Å². The molecule has 0 saturated carbocycles. The number of ketones is 2. The minimum atomic E-state index is -3.13. The lowest BCUT2D eigenvalue weighted by atomic mass is 10.1. The lowest BCUT2D eigenvalue weighted by Gasteiger charge is -1.96. The van der Waals surface area contributed by atoms with Crippen molar-refractivity contribution in [3.05, 3.63) is 12.2 Å². The van der Waals surface area contributed by atoms with Crippen molar-refractivity contribution >= 4 is 11.6 Å². The van der Waals surface area contributed by atoms with Gasteiger partial charge in [-0.1, -0.05) is 6.58 Å². The van der Waals surface area contributed by atoms with Gasteiger partial charge in [0.05, 0.1) is 5.57 Å². The zero-order chi connectivity index (χ0) is 8.31. The largest absolute Gasteiger partial charge is 0.300 e. The van der Waals surface area contributed by atoms with Crippen molar-refractivity contribution in [2.75, 3.05) is 0 Å². The van der Waals surface area contributed by atoms with E-state index in [2.05, 4.69) is 6.58 Å². The molecule has 0 spiro atoms. The summed E-state index contributed by atoms with van der Waals surface area (Å²) < 4.78 is 23.0. The van der Waals surface area contributed by atoms with Gasteiger partial charge >= 0.3 is 6.43 Å². The number of Topliss-reactive ketones (excluding diaryl/α,β-unsaturated/α-hetero) is 2. The van der Waals surface area contributed by atoms with Crippen LogP contribution in [-0.2, 0) is 9.59 Å². The fraction of sp³-hybridized carbons (Fsp3) is 0.333. The van der Waals surface area contributed by atoms with Crippen LogP contribution in [0.1, 0.15) is 6.92 Å². The molecule has 0 fully saturated rings. The van der Waals surface area contributed by atoms with Crippen molar-refractivity contribution < 1.29 is 18.4 Å². The summed E-state index contributed by atoms with van der Waals surface area (Å²) >= 11 is 0. The van der Waals surface area contributed by atoms with Gasteiger partial charge in [-0.05, 0) is 6.92 Å². The molecule has 0 N–H and O–H groups in total. The predicted molar refractivity (Wildman–Crippen MR) is 30.8 cm³/mol. The molecule has 0 unspecified atom stereocenters. The van der Waals surface area contributed by atoms with E-state index in [0.717, 1.165) is 6.92 Å².